The molecule has 2 nitrogen and oxygen atoms in total. The van der Waals surface area contributed by atoms with Crippen LogP contribution in [0.3, 0.4) is 0 Å². The molecule has 0 aromatic carbocycles. The van der Waals surface area contributed by atoms with E-state index in [9.17, 15) is 0 Å². The maximum absolute atomic E-state index is 3.44. The summed E-state index contributed by atoms with van der Waals surface area (Å²) in [7, 11) is 0. The van der Waals surface area contributed by atoms with Crippen LogP contribution in [0.2, 0.25) is 0 Å². The first-order valence-electron chi connectivity index (χ1n) is 5.57. The number of aromatic nitrogens is 1. The van der Waals surface area contributed by atoms with Crippen LogP contribution < -0.4 is 5.32 Å². The van der Waals surface area contributed by atoms with Gasteiger partial charge in [-0.1, -0.05) is 20.8 Å². The summed E-state index contributed by atoms with van der Waals surface area (Å²) in [6.45, 7) is 9.89. The molecular formula is C12H22N2. The number of nitrogens with one attached hydrogen (secondary N) is 1. The Bertz CT molecular complexity index is 251. The molecular weight excluding hydrogens is 172 g/mol. The van der Waals surface area contributed by atoms with Gasteiger partial charge in [-0.15, -0.1) is 0 Å². The molecule has 14 heavy (non-hydrogen) atoms. The first kappa shape index (κ1) is 11.3. The number of nitrogens with zero attached hydrogens (tertiary/aromatic N) is 1. The molecule has 0 aliphatic heterocycles. The minimum absolute atomic E-state index is 0.729. The molecule has 1 N–H and O–H groups in total. The van der Waals surface area contributed by atoms with Crippen LogP contribution in [0.15, 0.2) is 18.5 Å². The highest BCUT2D eigenvalue weighted by molar-refractivity contribution is 5.09. The fourth-order valence-corrected chi connectivity index (χ4v) is 1.50. The van der Waals surface area contributed by atoms with Crippen LogP contribution in [0, 0.1) is 5.92 Å². The molecule has 0 spiro atoms. The number of aryl methyl sites for hydroxylation is 1. The van der Waals surface area contributed by atoms with Crippen molar-refractivity contribution in [2.75, 3.05) is 6.54 Å². The number of rotatable bonds is 6. The van der Waals surface area contributed by atoms with Gasteiger partial charge in [-0.25, -0.2) is 0 Å². The van der Waals surface area contributed by atoms with E-state index >= 15 is 0 Å². The van der Waals surface area contributed by atoms with Crippen molar-refractivity contribution in [3.63, 3.8) is 0 Å². The van der Waals surface area contributed by atoms with Gasteiger partial charge >= 0.3 is 0 Å². The average Bonchev–Trinajstić information content (AvgIpc) is 2.53. The third-order valence-corrected chi connectivity index (χ3v) is 2.18. The number of hydrogen-bond acceptors (Lipinski definition) is 1. The van der Waals surface area contributed by atoms with E-state index in [1.807, 2.05) is 0 Å². The van der Waals surface area contributed by atoms with Crippen molar-refractivity contribution in [2.45, 2.75) is 40.3 Å². The molecule has 0 amide bonds. The molecule has 1 rings (SSSR count). The quantitative estimate of drug-likeness (QED) is 0.736. The fraction of sp³-hybridized carbons (Fsp3) is 0.667. The normalized spacial score (nSPS) is 11.1. The van der Waals surface area contributed by atoms with Crippen molar-refractivity contribution in [1.82, 2.24) is 9.88 Å². The largest absolute Gasteiger partial charge is 0.354 e. The molecule has 1 aromatic heterocycles. The van der Waals surface area contributed by atoms with E-state index in [0.717, 1.165) is 25.6 Å². The van der Waals surface area contributed by atoms with Gasteiger partial charge in [0.15, 0.2) is 0 Å². The summed E-state index contributed by atoms with van der Waals surface area (Å²) >= 11 is 0. The monoisotopic (exact) mass is 194 g/mol. The lowest BCUT2D eigenvalue weighted by atomic mass is 10.2. The average molecular weight is 194 g/mol. The van der Waals surface area contributed by atoms with Gasteiger partial charge in [-0.3, -0.25) is 0 Å². The zero-order chi connectivity index (χ0) is 10.4. The molecule has 0 fully saturated rings. The Morgan fingerprint density at radius 1 is 1.43 bits per heavy atom. The summed E-state index contributed by atoms with van der Waals surface area (Å²) in [6.07, 6.45) is 5.60. The standard InChI is InChI=1S/C12H22N2/c1-4-6-14-7-5-12(10-14)9-13-8-11(2)3/h5,7,10-11,13H,4,6,8-9H2,1-3H3. The van der Waals surface area contributed by atoms with Crippen LogP contribution in [0.4, 0.5) is 0 Å². The van der Waals surface area contributed by atoms with Gasteiger partial charge in [0.1, 0.15) is 0 Å². The van der Waals surface area contributed by atoms with E-state index in [4.69, 9.17) is 0 Å². The maximum Gasteiger partial charge on any atom is 0.0220 e. The third kappa shape index (κ3) is 3.97. The van der Waals surface area contributed by atoms with Gasteiger partial charge < -0.3 is 9.88 Å². The zero-order valence-electron chi connectivity index (χ0n) is 9.59. The van der Waals surface area contributed by atoms with Gasteiger partial charge in [0.2, 0.25) is 0 Å². The van der Waals surface area contributed by atoms with E-state index < -0.39 is 0 Å². The summed E-state index contributed by atoms with van der Waals surface area (Å²) in [5, 5.41) is 3.44. The summed E-state index contributed by atoms with van der Waals surface area (Å²) in [6, 6.07) is 2.20. The predicted octanol–water partition coefficient (Wildman–Crippen LogP) is 2.64. The first-order chi connectivity index (χ1) is 6.72. The molecule has 0 saturated heterocycles. The molecule has 0 saturated carbocycles. The van der Waals surface area contributed by atoms with Crippen molar-refractivity contribution in [3.05, 3.63) is 24.0 Å². The van der Waals surface area contributed by atoms with Crippen LogP contribution in [-0.4, -0.2) is 11.1 Å². The van der Waals surface area contributed by atoms with Gasteiger partial charge in [-0.05, 0) is 30.5 Å². The maximum atomic E-state index is 3.44. The van der Waals surface area contributed by atoms with E-state index in [0.29, 0.717) is 0 Å². The Morgan fingerprint density at radius 3 is 2.86 bits per heavy atom. The second-order valence-electron chi connectivity index (χ2n) is 4.28. The predicted molar refractivity (Wildman–Crippen MR) is 61.3 cm³/mol. The van der Waals surface area contributed by atoms with Crippen LogP contribution >= 0.6 is 0 Å². The molecule has 2 heteroatoms. The van der Waals surface area contributed by atoms with E-state index in [2.05, 4.69) is 49.1 Å². The Balaban J connectivity index is 2.28. The van der Waals surface area contributed by atoms with E-state index in [1.165, 1.54) is 12.0 Å². The lowest BCUT2D eigenvalue weighted by molar-refractivity contribution is 0.551. The molecule has 0 radical (unpaired) electrons. The van der Waals surface area contributed by atoms with Crippen molar-refractivity contribution >= 4 is 0 Å². The lowest BCUT2D eigenvalue weighted by Crippen LogP contribution is -2.18. The molecule has 1 aromatic rings. The van der Waals surface area contributed by atoms with Crippen molar-refractivity contribution in [3.8, 4) is 0 Å². The van der Waals surface area contributed by atoms with Gasteiger partial charge in [0, 0.05) is 25.5 Å². The van der Waals surface area contributed by atoms with Gasteiger partial charge in [0.05, 0.1) is 0 Å². The summed E-state index contributed by atoms with van der Waals surface area (Å²) in [5.74, 6) is 0.729. The Hall–Kier alpha value is -0.760. The van der Waals surface area contributed by atoms with Crippen LogP contribution in [0.25, 0.3) is 0 Å². The molecule has 0 atom stereocenters. The second kappa shape index (κ2) is 5.86. The minimum atomic E-state index is 0.729. The van der Waals surface area contributed by atoms with Crippen molar-refractivity contribution in [2.24, 2.45) is 5.92 Å². The van der Waals surface area contributed by atoms with Crippen LogP contribution in [-0.2, 0) is 13.1 Å². The molecule has 0 aliphatic carbocycles. The summed E-state index contributed by atoms with van der Waals surface area (Å²) in [5.41, 5.74) is 1.39. The molecule has 0 bridgehead atoms. The fourth-order valence-electron chi connectivity index (χ4n) is 1.50. The topological polar surface area (TPSA) is 17.0 Å². The van der Waals surface area contributed by atoms with Crippen molar-refractivity contribution < 1.29 is 0 Å². The highest BCUT2D eigenvalue weighted by Crippen LogP contribution is 2.02. The molecule has 1 heterocycles. The lowest BCUT2D eigenvalue weighted by Gasteiger charge is -2.05. The summed E-state index contributed by atoms with van der Waals surface area (Å²) in [4.78, 5) is 0. The highest BCUT2D eigenvalue weighted by atomic mass is 14.9. The van der Waals surface area contributed by atoms with E-state index in [1.54, 1.807) is 0 Å². The molecule has 0 unspecified atom stereocenters. The zero-order valence-corrected chi connectivity index (χ0v) is 9.59. The minimum Gasteiger partial charge on any atom is -0.354 e. The first-order valence-corrected chi connectivity index (χ1v) is 5.57. The number of hydrogen-bond donors (Lipinski definition) is 1. The third-order valence-electron chi connectivity index (χ3n) is 2.18. The Kier molecular flexibility index (Phi) is 4.74. The van der Waals surface area contributed by atoms with Crippen LogP contribution in [0.5, 0.6) is 0 Å². The van der Waals surface area contributed by atoms with Crippen molar-refractivity contribution in [1.29, 1.82) is 0 Å². The van der Waals surface area contributed by atoms with E-state index in [-0.39, 0.29) is 0 Å². The van der Waals surface area contributed by atoms with Crippen LogP contribution in [0.1, 0.15) is 32.8 Å². The smallest absolute Gasteiger partial charge is 0.0220 e. The molecule has 80 valence electrons. The Morgan fingerprint density at radius 2 is 2.21 bits per heavy atom. The SMILES string of the molecule is CCCn1ccc(CNCC(C)C)c1. The van der Waals surface area contributed by atoms with Gasteiger partial charge in [-0.2, -0.15) is 0 Å². The van der Waals surface area contributed by atoms with Gasteiger partial charge in [0.25, 0.3) is 0 Å². The highest BCUT2D eigenvalue weighted by Gasteiger charge is 1.97. The molecule has 0 aliphatic rings. The Labute approximate surface area is 87.3 Å². The second-order valence-corrected chi connectivity index (χ2v) is 4.28. The summed E-state index contributed by atoms with van der Waals surface area (Å²) < 4.78 is 2.26.